The second-order valence-electron chi connectivity index (χ2n) is 5.65. The maximum Gasteiger partial charge on any atom is 0.240 e. The molecule has 1 aliphatic rings. The van der Waals surface area contributed by atoms with Crippen LogP contribution >= 0.6 is 12.4 Å². The van der Waals surface area contributed by atoms with Crippen molar-refractivity contribution in [1.82, 2.24) is 14.9 Å². The highest BCUT2D eigenvalue weighted by atomic mass is 35.5. The summed E-state index contributed by atoms with van der Waals surface area (Å²) in [7, 11) is -1.83. The lowest BCUT2D eigenvalue weighted by Crippen LogP contribution is -2.34. The average molecular weight is 380 g/mol. The zero-order valence-electron chi connectivity index (χ0n) is 13.5. The Bertz CT molecular complexity index is 640. The van der Waals surface area contributed by atoms with Crippen molar-refractivity contribution < 1.29 is 17.6 Å². The maximum absolute atomic E-state index is 12.8. The number of carbonyl (C=O) groups excluding carboxylic acids is 1. The molecule has 0 spiro atoms. The van der Waals surface area contributed by atoms with Crippen LogP contribution in [0.5, 0.6) is 0 Å². The minimum atomic E-state index is -3.71. The molecule has 1 amide bonds. The number of hydrogen-bond acceptors (Lipinski definition) is 4. The molecule has 2 N–H and O–H groups in total. The molecule has 9 heteroatoms. The molecule has 1 heterocycles. The lowest BCUT2D eigenvalue weighted by Gasteiger charge is -2.16. The molecule has 1 aliphatic heterocycles. The monoisotopic (exact) mass is 379 g/mol. The van der Waals surface area contributed by atoms with Crippen LogP contribution in [0, 0.1) is 11.7 Å². The Hall–Kier alpha value is -1.22. The quantitative estimate of drug-likeness (QED) is 0.740. The Morgan fingerprint density at radius 2 is 2.00 bits per heavy atom. The number of nitrogens with one attached hydrogen (secondary N) is 2. The van der Waals surface area contributed by atoms with Gasteiger partial charge in [-0.25, -0.2) is 17.5 Å². The van der Waals surface area contributed by atoms with Gasteiger partial charge in [0.2, 0.25) is 15.9 Å². The average Bonchev–Trinajstić information content (AvgIpc) is 2.96. The number of hydrogen-bond donors (Lipinski definition) is 2. The van der Waals surface area contributed by atoms with Gasteiger partial charge in [-0.3, -0.25) is 4.79 Å². The predicted octanol–water partition coefficient (Wildman–Crippen LogP) is 0.984. The first-order valence-corrected chi connectivity index (χ1v) is 9.08. The van der Waals surface area contributed by atoms with E-state index in [-0.39, 0.29) is 36.2 Å². The van der Waals surface area contributed by atoms with Crippen LogP contribution in [0.15, 0.2) is 29.2 Å². The number of sulfonamides is 1. The number of halogens is 2. The van der Waals surface area contributed by atoms with Crippen molar-refractivity contribution in [2.45, 2.75) is 17.7 Å². The van der Waals surface area contributed by atoms with Gasteiger partial charge in [-0.05, 0) is 50.2 Å². The maximum atomic E-state index is 12.8. The third-order valence-electron chi connectivity index (χ3n) is 3.89. The van der Waals surface area contributed by atoms with Crippen LogP contribution in [0.1, 0.15) is 12.8 Å². The summed E-state index contributed by atoms with van der Waals surface area (Å²) in [5.74, 6) is -0.0884. The van der Waals surface area contributed by atoms with Crippen molar-refractivity contribution in [1.29, 1.82) is 0 Å². The number of nitrogens with zero attached hydrogens (tertiary/aromatic N) is 1. The van der Waals surface area contributed by atoms with Crippen molar-refractivity contribution in [3.05, 3.63) is 30.1 Å². The van der Waals surface area contributed by atoms with Crippen LogP contribution < -0.4 is 10.0 Å². The van der Waals surface area contributed by atoms with E-state index < -0.39 is 15.8 Å². The number of carbonyl (C=O) groups is 1. The van der Waals surface area contributed by atoms with E-state index in [1.54, 1.807) is 4.90 Å². The smallest absolute Gasteiger partial charge is 0.240 e. The van der Waals surface area contributed by atoms with Gasteiger partial charge in [0.15, 0.2) is 0 Å². The highest BCUT2D eigenvalue weighted by Crippen LogP contribution is 2.16. The molecule has 1 fully saturated rings. The molecule has 1 saturated heterocycles. The molecule has 2 rings (SSSR count). The standard InChI is InChI=1S/C15H22FN3O3S.ClH/c1-17-10-12-7-9-19(11-12)15(20)6-8-18-23(21,22)14-4-2-13(16)3-5-14;/h2-5,12,17-18H,6-11H2,1H3;1H. The number of amides is 1. The van der Waals surface area contributed by atoms with Gasteiger partial charge in [0, 0.05) is 26.1 Å². The van der Waals surface area contributed by atoms with Gasteiger partial charge in [0.25, 0.3) is 0 Å². The first-order chi connectivity index (χ1) is 10.9. The molecule has 0 aliphatic carbocycles. The Kier molecular flexibility index (Phi) is 8.08. The first kappa shape index (κ1) is 20.8. The van der Waals surface area contributed by atoms with E-state index in [0.717, 1.165) is 31.6 Å². The molecule has 6 nitrogen and oxygen atoms in total. The van der Waals surface area contributed by atoms with E-state index >= 15 is 0 Å². The largest absolute Gasteiger partial charge is 0.342 e. The van der Waals surface area contributed by atoms with Crippen molar-refractivity contribution in [3.63, 3.8) is 0 Å². The fourth-order valence-electron chi connectivity index (χ4n) is 2.66. The fraction of sp³-hybridized carbons (Fsp3) is 0.533. The highest BCUT2D eigenvalue weighted by Gasteiger charge is 2.25. The summed E-state index contributed by atoms with van der Waals surface area (Å²) in [6.07, 6.45) is 1.08. The zero-order chi connectivity index (χ0) is 16.9. The van der Waals surface area contributed by atoms with E-state index in [4.69, 9.17) is 0 Å². The van der Waals surface area contributed by atoms with Crippen LogP contribution in [-0.2, 0) is 14.8 Å². The topological polar surface area (TPSA) is 78.5 Å². The summed E-state index contributed by atoms with van der Waals surface area (Å²) < 4.78 is 39.2. The molecule has 136 valence electrons. The Morgan fingerprint density at radius 3 is 2.62 bits per heavy atom. The summed E-state index contributed by atoms with van der Waals surface area (Å²) in [5, 5.41) is 3.10. The van der Waals surface area contributed by atoms with Crippen molar-refractivity contribution in [2.75, 3.05) is 33.2 Å². The van der Waals surface area contributed by atoms with Gasteiger partial charge in [0.05, 0.1) is 4.90 Å². The van der Waals surface area contributed by atoms with E-state index in [1.165, 1.54) is 12.1 Å². The van der Waals surface area contributed by atoms with E-state index in [0.29, 0.717) is 12.5 Å². The molecule has 24 heavy (non-hydrogen) atoms. The van der Waals surface area contributed by atoms with Gasteiger partial charge < -0.3 is 10.2 Å². The second-order valence-corrected chi connectivity index (χ2v) is 7.42. The third kappa shape index (κ3) is 5.70. The van der Waals surface area contributed by atoms with Crippen LogP contribution in [0.3, 0.4) is 0 Å². The minimum Gasteiger partial charge on any atom is -0.342 e. The summed E-state index contributed by atoms with van der Waals surface area (Å²) in [6, 6.07) is 4.57. The second kappa shape index (κ2) is 9.31. The molecule has 1 aromatic rings. The van der Waals surface area contributed by atoms with Crippen LogP contribution in [0.25, 0.3) is 0 Å². The van der Waals surface area contributed by atoms with E-state index in [9.17, 15) is 17.6 Å². The van der Waals surface area contributed by atoms with E-state index in [1.807, 2.05) is 7.05 Å². The Morgan fingerprint density at radius 1 is 1.33 bits per heavy atom. The van der Waals surface area contributed by atoms with Gasteiger partial charge in [0.1, 0.15) is 5.82 Å². The van der Waals surface area contributed by atoms with Gasteiger partial charge in [-0.2, -0.15) is 0 Å². The summed E-state index contributed by atoms with van der Waals surface area (Å²) in [5.41, 5.74) is 0. The normalized spacial score (nSPS) is 17.6. The molecule has 0 radical (unpaired) electrons. The Balaban J connectivity index is 0.00000288. The molecule has 1 unspecified atom stereocenters. The highest BCUT2D eigenvalue weighted by molar-refractivity contribution is 7.89. The molecule has 0 bridgehead atoms. The van der Waals surface area contributed by atoms with Crippen LogP contribution in [0.4, 0.5) is 4.39 Å². The number of likely N-dealkylation sites (tertiary alicyclic amines) is 1. The predicted molar refractivity (Wildman–Crippen MR) is 92.1 cm³/mol. The number of rotatable bonds is 7. The fourth-order valence-corrected chi connectivity index (χ4v) is 3.69. The minimum absolute atomic E-state index is 0. The summed E-state index contributed by atoms with van der Waals surface area (Å²) in [6.45, 7) is 2.34. The SMILES string of the molecule is CNCC1CCN(C(=O)CCNS(=O)(=O)c2ccc(F)cc2)C1.Cl. The lowest BCUT2D eigenvalue weighted by atomic mass is 10.1. The summed E-state index contributed by atoms with van der Waals surface area (Å²) >= 11 is 0. The van der Waals surface area contributed by atoms with Gasteiger partial charge in [-0.1, -0.05) is 0 Å². The third-order valence-corrected chi connectivity index (χ3v) is 5.36. The zero-order valence-corrected chi connectivity index (χ0v) is 15.1. The van der Waals surface area contributed by atoms with Crippen LogP contribution in [-0.4, -0.2) is 52.5 Å². The van der Waals surface area contributed by atoms with Gasteiger partial charge >= 0.3 is 0 Å². The summed E-state index contributed by atoms with van der Waals surface area (Å²) in [4.78, 5) is 13.8. The van der Waals surface area contributed by atoms with E-state index in [2.05, 4.69) is 10.0 Å². The molecule has 0 aromatic heterocycles. The molecular weight excluding hydrogens is 357 g/mol. The van der Waals surface area contributed by atoms with Crippen LogP contribution in [0.2, 0.25) is 0 Å². The molecule has 1 aromatic carbocycles. The van der Waals surface area contributed by atoms with Crippen molar-refractivity contribution >= 4 is 28.3 Å². The molecular formula is C15H23ClFN3O3S. The first-order valence-electron chi connectivity index (χ1n) is 7.60. The number of benzene rings is 1. The van der Waals surface area contributed by atoms with Crippen molar-refractivity contribution in [3.8, 4) is 0 Å². The lowest BCUT2D eigenvalue weighted by molar-refractivity contribution is -0.130. The molecule has 0 saturated carbocycles. The van der Waals surface area contributed by atoms with Crippen molar-refractivity contribution in [2.24, 2.45) is 5.92 Å². The van der Waals surface area contributed by atoms with Gasteiger partial charge in [-0.15, -0.1) is 12.4 Å². The Labute approximate surface area is 148 Å². The molecule has 1 atom stereocenters.